The average molecular weight is 580 g/mol. The lowest BCUT2D eigenvalue weighted by molar-refractivity contribution is 0.0223. The molecule has 3 aliphatic heterocycles. The van der Waals surface area contributed by atoms with Gasteiger partial charge in [0.25, 0.3) is 0 Å². The zero-order valence-corrected chi connectivity index (χ0v) is 24.9. The molecule has 1 amide bonds. The van der Waals surface area contributed by atoms with E-state index in [9.17, 15) is 9.18 Å². The SMILES string of the molecule is COC(=O)N[C@H]1CCC[C@@H]1C(CN1CCC1)(c1cccc(F)c1)C1CCN(CC2CN(c3ccc(C#N)s3)C2)CC1. The van der Waals surface area contributed by atoms with E-state index in [1.807, 2.05) is 12.1 Å². The third kappa shape index (κ3) is 5.84. The number of amides is 1. The van der Waals surface area contributed by atoms with E-state index in [2.05, 4.69) is 38.2 Å². The summed E-state index contributed by atoms with van der Waals surface area (Å²) in [5.41, 5.74) is 0.885. The van der Waals surface area contributed by atoms with Gasteiger partial charge in [-0.15, -0.1) is 11.3 Å². The first-order chi connectivity index (χ1) is 20.0. The number of piperidine rings is 1. The highest BCUT2D eigenvalue weighted by molar-refractivity contribution is 7.16. The summed E-state index contributed by atoms with van der Waals surface area (Å²) in [6.07, 6.45) is 6.05. The zero-order valence-electron chi connectivity index (χ0n) is 24.1. The molecule has 6 rings (SSSR count). The van der Waals surface area contributed by atoms with Gasteiger partial charge in [0.05, 0.1) is 12.1 Å². The van der Waals surface area contributed by atoms with Crippen LogP contribution in [0.2, 0.25) is 0 Å². The van der Waals surface area contributed by atoms with E-state index in [-0.39, 0.29) is 29.3 Å². The minimum Gasteiger partial charge on any atom is -0.453 e. The number of benzene rings is 1. The van der Waals surface area contributed by atoms with Crippen LogP contribution in [-0.4, -0.2) is 81.4 Å². The van der Waals surface area contributed by atoms with E-state index in [4.69, 9.17) is 10.00 Å². The normalized spacial score (nSPS) is 25.6. The number of nitrogens with zero attached hydrogens (tertiary/aromatic N) is 4. The molecule has 0 radical (unpaired) electrons. The van der Waals surface area contributed by atoms with E-state index in [0.29, 0.717) is 11.8 Å². The summed E-state index contributed by atoms with van der Waals surface area (Å²) in [5, 5.41) is 13.5. The summed E-state index contributed by atoms with van der Waals surface area (Å²) >= 11 is 1.58. The quantitative estimate of drug-likeness (QED) is 0.447. The van der Waals surface area contributed by atoms with Crippen LogP contribution < -0.4 is 10.2 Å². The Morgan fingerprint density at radius 3 is 2.56 bits per heavy atom. The number of alkyl carbamates (subject to hydrolysis) is 1. The molecule has 3 saturated heterocycles. The Kier molecular flexibility index (Phi) is 8.52. The highest BCUT2D eigenvalue weighted by Crippen LogP contribution is 2.51. The second kappa shape index (κ2) is 12.3. The Balaban J connectivity index is 1.19. The van der Waals surface area contributed by atoms with Gasteiger partial charge in [-0.05, 0) is 99.9 Å². The molecule has 1 aromatic heterocycles. The molecule has 2 aromatic rings. The van der Waals surface area contributed by atoms with Crippen LogP contribution in [-0.2, 0) is 10.2 Å². The molecule has 4 fully saturated rings. The van der Waals surface area contributed by atoms with Gasteiger partial charge in [0.1, 0.15) is 16.8 Å². The number of carbonyl (C=O) groups is 1. The van der Waals surface area contributed by atoms with E-state index < -0.39 is 0 Å². The first-order valence-electron chi connectivity index (χ1n) is 15.3. The summed E-state index contributed by atoms with van der Waals surface area (Å²) in [4.78, 5) is 20.7. The molecule has 4 aliphatic rings. The fourth-order valence-electron chi connectivity index (χ4n) is 8.16. The van der Waals surface area contributed by atoms with Gasteiger partial charge >= 0.3 is 6.09 Å². The molecule has 7 nitrogen and oxygen atoms in total. The van der Waals surface area contributed by atoms with Crippen molar-refractivity contribution < 1.29 is 13.9 Å². The maximum Gasteiger partial charge on any atom is 0.407 e. The maximum absolute atomic E-state index is 14.8. The minimum absolute atomic E-state index is 0.0322. The van der Waals surface area contributed by atoms with E-state index >= 15 is 0 Å². The molecule has 9 heteroatoms. The summed E-state index contributed by atoms with van der Waals surface area (Å²) in [5.74, 6) is 1.13. The van der Waals surface area contributed by atoms with Crippen molar-refractivity contribution in [2.45, 2.75) is 50.0 Å². The van der Waals surface area contributed by atoms with Gasteiger partial charge in [-0.3, -0.25) is 0 Å². The number of hydrogen-bond acceptors (Lipinski definition) is 7. The molecule has 1 unspecified atom stereocenters. The summed E-state index contributed by atoms with van der Waals surface area (Å²) < 4.78 is 19.9. The van der Waals surface area contributed by atoms with Crippen molar-refractivity contribution >= 4 is 22.4 Å². The third-order valence-corrected chi connectivity index (χ3v) is 11.3. The highest BCUT2D eigenvalue weighted by Gasteiger charge is 2.53. The average Bonchev–Trinajstić information content (AvgIpc) is 3.61. The lowest BCUT2D eigenvalue weighted by Gasteiger charge is -2.54. The van der Waals surface area contributed by atoms with E-state index in [0.717, 1.165) is 94.9 Å². The predicted molar refractivity (Wildman–Crippen MR) is 160 cm³/mol. The van der Waals surface area contributed by atoms with E-state index in [1.54, 1.807) is 23.5 Å². The molecule has 41 heavy (non-hydrogen) atoms. The molecule has 0 bridgehead atoms. The van der Waals surface area contributed by atoms with Crippen LogP contribution in [0.5, 0.6) is 0 Å². The number of likely N-dealkylation sites (tertiary alicyclic amines) is 2. The first-order valence-corrected chi connectivity index (χ1v) is 16.1. The van der Waals surface area contributed by atoms with Crippen molar-refractivity contribution in [3.05, 3.63) is 52.7 Å². The van der Waals surface area contributed by atoms with Crippen molar-refractivity contribution in [2.75, 3.05) is 64.4 Å². The first kappa shape index (κ1) is 28.4. The number of hydrogen-bond donors (Lipinski definition) is 1. The monoisotopic (exact) mass is 579 g/mol. The molecule has 220 valence electrons. The van der Waals surface area contributed by atoms with Crippen LogP contribution in [0.25, 0.3) is 0 Å². The van der Waals surface area contributed by atoms with Crippen molar-refractivity contribution in [1.29, 1.82) is 5.26 Å². The number of halogens is 1. The van der Waals surface area contributed by atoms with Crippen LogP contribution in [0.4, 0.5) is 14.2 Å². The fourth-order valence-corrected chi connectivity index (χ4v) is 8.98. The van der Waals surface area contributed by atoms with Crippen LogP contribution in [0.1, 0.15) is 49.0 Å². The second-order valence-corrected chi connectivity index (χ2v) is 13.6. The number of methoxy groups -OCH3 is 1. The van der Waals surface area contributed by atoms with Crippen LogP contribution in [0.3, 0.4) is 0 Å². The lowest BCUT2D eigenvalue weighted by atomic mass is 9.57. The van der Waals surface area contributed by atoms with Gasteiger partial charge in [-0.2, -0.15) is 5.26 Å². The Bertz CT molecular complexity index is 1250. The Morgan fingerprint density at radius 2 is 1.90 bits per heavy atom. The fraction of sp³-hybridized carbons (Fsp3) is 0.625. The molecule has 3 atom stereocenters. The number of nitriles is 1. The summed E-state index contributed by atoms with van der Waals surface area (Å²) in [6.45, 7) is 8.43. The Labute approximate surface area is 247 Å². The third-order valence-electron chi connectivity index (χ3n) is 10.3. The number of anilines is 1. The largest absolute Gasteiger partial charge is 0.453 e. The van der Waals surface area contributed by atoms with Crippen molar-refractivity contribution in [3.63, 3.8) is 0 Å². The van der Waals surface area contributed by atoms with E-state index in [1.165, 1.54) is 18.5 Å². The Hall–Kier alpha value is -2.67. The zero-order chi connectivity index (χ0) is 28.4. The van der Waals surface area contributed by atoms with Gasteiger partial charge < -0.3 is 24.8 Å². The summed E-state index contributed by atoms with van der Waals surface area (Å²) in [6, 6.07) is 13.6. The van der Waals surface area contributed by atoms with Crippen LogP contribution >= 0.6 is 11.3 Å². The lowest BCUT2D eigenvalue weighted by Crippen LogP contribution is -2.60. The number of rotatable bonds is 9. The van der Waals surface area contributed by atoms with Gasteiger partial charge in [-0.1, -0.05) is 18.6 Å². The van der Waals surface area contributed by atoms with Gasteiger partial charge in [0, 0.05) is 43.6 Å². The molecule has 4 heterocycles. The van der Waals surface area contributed by atoms with Crippen molar-refractivity contribution in [3.8, 4) is 6.07 Å². The van der Waals surface area contributed by atoms with Gasteiger partial charge in [0.2, 0.25) is 0 Å². The number of thiophene rings is 1. The van der Waals surface area contributed by atoms with Crippen LogP contribution in [0.15, 0.2) is 36.4 Å². The molecule has 1 aliphatic carbocycles. The van der Waals surface area contributed by atoms with Crippen molar-refractivity contribution in [1.82, 2.24) is 15.1 Å². The van der Waals surface area contributed by atoms with Gasteiger partial charge in [-0.25, -0.2) is 9.18 Å². The molecule has 0 spiro atoms. The van der Waals surface area contributed by atoms with Gasteiger partial charge in [0.15, 0.2) is 0 Å². The minimum atomic E-state index is -0.366. The predicted octanol–water partition coefficient (Wildman–Crippen LogP) is 5.08. The van der Waals surface area contributed by atoms with Crippen LogP contribution in [0, 0.1) is 34.9 Å². The maximum atomic E-state index is 14.8. The molecular formula is C32H42FN5O2S. The second-order valence-electron chi connectivity index (χ2n) is 12.6. The highest BCUT2D eigenvalue weighted by atomic mass is 32.1. The molecular weight excluding hydrogens is 537 g/mol. The molecule has 1 aromatic carbocycles. The van der Waals surface area contributed by atoms with Crippen molar-refractivity contribution in [2.24, 2.45) is 17.8 Å². The standard InChI is InChI=1S/C32H42FN5O2S/c1-40-31(39)35-29-8-3-7-28(29)32(22-37-13-4-14-37,25-5-2-6-26(33)17-25)24-11-15-36(16-12-24)19-23-20-38(21-23)30-10-9-27(18-34)41-30/h2,5-6,9-10,17,23-24,28-29H,3-4,7-8,11-16,19-22H2,1H3,(H,35,39)/t28-,29-,32?/m0/s1. The topological polar surface area (TPSA) is 71.8 Å². The number of ether oxygens (including phenoxy) is 1. The number of nitrogens with one attached hydrogen (secondary N) is 1. The smallest absolute Gasteiger partial charge is 0.407 e. The summed E-state index contributed by atoms with van der Waals surface area (Å²) in [7, 11) is 1.43. The Morgan fingerprint density at radius 1 is 1.10 bits per heavy atom. The number of carbonyl (C=O) groups excluding carboxylic acids is 1. The molecule has 1 N–H and O–H groups in total. The molecule has 1 saturated carbocycles.